The minimum absolute atomic E-state index is 0.0208. The average molecular weight is 337 g/mol. The number of aryl methyl sites for hydroxylation is 1. The van der Waals surface area contributed by atoms with Gasteiger partial charge in [0, 0.05) is 0 Å². The molecule has 2 aromatic rings. The van der Waals surface area contributed by atoms with Gasteiger partial charge in [-0.15, -0.1) is 0 Å². The van der Waals surface area contributed by atoms with Crippen molar-refractivity contribution in [1.29, 1.82) is 0 Å². The van der Waals surface area contributed by atoms with E-state index >= 15 is 0 Å². The predicted molar refractivity (Wildman–Crippen MR) is 88.7 cm³/mol. The van der Waals surface area contributed by atoms with E-state index in [0.717, 1.165) is 12.1 Å². The quantitative estimate of drug-likeness (QED) is 0.645. The number of phenols is 1. The Morgan fingerprint density at radius 2 is 1.70 bits per heavy atom. The van der Waals surface area contributed by atoms with Crippen LogP contribution in [-0.4, -0.2) is 18.9 Å². The zero-order valence-corrected chi connectivity index (χ0v) is 14.1. The van der Waals surface area contributed by atoms with E-state index in [4.69, 9.17) is 0 Å². The number of anilines is 1. The Kier molecular flexibility index (Phi) is 4.94. The molecule has 0 unspecified atom stereocenters. The first-order chi connectivity index (χ1) is 10.7. The Balaban J connectivity index is 2.42. The number of benzene rings is 2. The van der Waals surface area contributed by atoms with Crippen molar-refractivity contribution in [2.45, 2.75) is 31.0 Å². The van der Waals surface area contributed by atoms with Crippen molar-refractivity contribution < 1.29 is 17.9 Å². The van der Waals surface area contributed by atoms with Crippen LogP contribution < -0.4 is 5.32 Å². The van der Waals surface area contributed by atoms with Crippen LogP contribution in [0.3, 0.4) is 0 Å². The highest BCUT2D eigenvalue weighted by molar-refractivity contribution is 7.92. The van der Waals surface area contributed by atoms with Gasteiger partial charge in [-0.25, -0.2) is 12.8 Å². The number of para-hydroxylation sites is 1. The summed E-state index contributed by atoms with van der Waals surface area (Å²) in [6.45, 7) is 5.27. The molecule has 2 N–H and O–H groups in total. The van der Waals surface area contributed by atoms with Crippen molar-refractivity contribution in [3.8, 4) is 5.75 Å². The Morgan fingerprint density at radius 1 is 1.09 bits per heavy atom. The molecule has 0 fully saturated rings. The van der Waals surface area contributed by atoms with Crippen molar-refractivity contribution >= 4 is 15.5 Å². The minimum atomic E-state index is -3.73. The van der Waals surface area contributed by atoms with Gasteiger partial charge in [-0.2, -0.15) is 0 Å². The summed E-state index contributed by atoms with van der Waals surface area (Å²) in [6.07, 6.45) is 0. The Hall–Kier alpha value is -2.08. The number of nitrogens with one attached hydrogen (secondary N) is 1. The van der Waals surface area contributed by atoms with Gasteiger partial charge in [0.2, 0.25) is 0 Å². The Bertz CT molecular complexity index is 786. The molecule has 124 valence electrons. The van der Waals surface area contributed by atoms with Crippen LogP contribution in [0.4, 0.5) is 10.1 Å². The second kappa shape index (κ2) is 6.58. The second-order valence-corrected chi connectivity index (χ2v) is 7.85. The number of halogens is 1. The molecule has 0 amide bonds. The largest absolute Gasteiger partial charge is 0.506 e. The van der Waals surface area contributed by atoms with E-state index < -0.39 is 21.0 Å². The van der Waals surface area contributed by atoms with Gasteiger partial charge in [0.05, 0.1) is 10.6 Å². The van der Waals surface area contributed by atoms with Gasteiger partial charge < -0.3 is 10.4 Å². The van der Waals surface area contributed by atoms with Gasteiger partial charge >= 0.3 is 0 Å². The average Bonchev–Trinajstić information content (AvgIpc) is 2.48. The molecule has 2 aromatic carbocycles. The van der Waals surface area contributed by atoms with E-state index in [1.54, 1.807) is 39.0 Å². The van der Waals surface area contributed by atoms with Crippen molar-refractivity contribution in [3.63, 3.8) is 0 Å². The zero-order chi connectivity index (χ0) is 17.2. The minimum Gasteiger partial charge on any atom is -0.506 e. The number of aromatic hydroxyl groups is 1. The molecule has 0 aliphatic heterocycles. The summed E-state index contributed by atoms with van der Waals surface area (Å²) >= 11 is 0. The van der Waals surface area contributed by atoms with E-state index in [1.165, 1.54) is 12.1 Å². The third-order valence-electron chi connectivity index (χ3n) is 3.62. The maximum Gasteiger partial charge on any atom is 0.199 e. The molecule has 4 nitrogen and oxygen atoms in total. The fourth-order valence-electron chi connectivity index (χ4n) is 2.30. The van der Waals surface area contributed by atoms with Gasteiger partial charge in [0.1, 0.15) is 16.9 Å². The van der Waals surface area contributed by atoms with Crippen LogP contribution >= 0.6 is 0 Å². The molecule has 0 saturated carbocycles. The summed E-state index contributed by atoms with van der Waals surface area (Å²) in [7, 11) is -3.73. The number of phenolic OH excluding ortho intramolecular Hbond substituents is 1. The van der Waals surface area contributed by atoms with Gasteiger partial charge in [0.25, 0.3) is 0 Å². The Labute approximate surface area is 135 Å². The van der Waals surface area contributed by atoms with Crippen molar-refractivity contribution in [2.24, 2.45) is 5.92 Å². The monoisotopic (exact) mass is 337 g/mol. The summed E-state index contributed by atoms with van der Waals surface area (Å²) in [5.74, 6) is -0.730. The number of rotatable bonds is 5. The SMILES string of the molecule is Cc1cccc(N[C@H](C(C)C)S(=O)(=O)c2ccc(F)cc2)c1O. The lowest BCUT2D eigenvalue weighted by Crippen LogP contribution is -2.34. The second-order valence-electron chi connectivity index (χ2n) is 5.78. The van der Waals surface area contributed by atoms with Gasteiger partial charge in [-0.3, -0.25) is 0 Å². The molecular formula is C17H20FNO3S. The molecule has 0 heterocycles. The van der Waals surface area contributed by atoms with E-state index in [0.29, 0.717) is 11.3 Å². The van der Waals surface area contributed by atoms with E-state index in [2.05, 4.69) is 5.32 Å². The molecule has 2 rings (SSSR count). The third-order valence-corrected chi connectivity index (χ3v) is 5.88. The fraction of sp³-hybridized carbons (Fsp3) is 0.294. The van der Waals surface area contributed by atoms with Gasteiger partial charge in [-0.1, -0.05) is 26.0 Å². The highest BCUT2D eigenvalue weighted by atomic mass is 32.2. The molecule has 6 heteroatoms. The first kappa shape index (κ1) is 17.3. The van der Waals surface area contributed by atoms with Crippen LogP contribution in [0.25, 0.3) is 0 Å². The topological polar surface area (TPSA) is 66.4 Å². The van der Waals surface area contributed by atoms with Gasteiger partial charge in [-0.05, 0) is 48.7 Å². The molecule has 0 radical (unpaired) electrons. The Morgan fingerprint density at radius 3 is 2.26 bits per heavy atom. The number of sulfone groups is 1. The van der Waals surface area contributed by atoms with Crippen LogP contribution in [0.1, 0.15) is 19.4 Å². The lowest BCUT2D eigenvalue weighted by Gasteiger charge is -2.24. The first-order valence-corrected chi connectivity index (χ1v) is 8.82. The lowest BCUT2D eigenvalue weighted by atomic mass is 10.1. The smallest absolute Gasteiger partial charge is 0.199 e. The first-order valence-electron chi connectivity index (χ1n) is 7.28. The van der Waals surface area contributed by atoms with Gasteiger partial charge in [0.15, 0.2) is 9.84 Å². The fourth-order valence-corrected chi connectivity index (χ4v) is 4.11. The molecule has 0 aliphatic carbocycles. The van der Waals surface area contributed by atoms with E-state index in [-0.39, 0.29) is 16.6 Å². The maximum absolute atomic E-state index is 13.0. The summed E-state index contributed by atoms with van der Waals surface area (Å²) in [5, 5.41) is 12.1. The zero-order valence-electron chi connectivity index (χ0n) is 13.2. The molecular weight excluding hydrogens is 317 g/mol. The maximum atomic E-state index is 13.0. The summed E-state index contributed by atoms with van der Waals surface area (Å²) in [6, 6.07) is 9.83. The number of hydrogen-bond donors (Lipinski definition) is 2. The van der Waals surface area contributed by atoms with Crippen LogP contribution in [0.15, 0.2) is 47.4 Å². The molecule has 0 saturated heterocycles. The van der Waals surface area contributed by atoms with E-state index in [1.807, 2.05) is 0 Å². The number of hydrogen-bond acceptors (Lipinski definition) is 4. The molecule has 0 aromatic heterocycles. The van der Waals surface area contributed by atoms with Crippen LogP contribution in [0, 0.1) is 18.7 Å². The molecule has 1 atom stereocenters. The molecule has 23 heavy (non-hydrogen) atoms. The summed E-state index contributed by atoms with van der Waals surface area (Å²) in [4.78, 5) is 0.0391. The van der Waals surface area contributed by atoms with Crippen LogP contribution in [-0.2, 0) is 9.84 Å². The van der Waals surface area contributed by atoms with Crippen LogP contribution in [0.2, 0.25) is 0 Å². The molecule has 0 bridgehead atoms. The predicted octanol–water partition coefficient (Wildman–Crippen LogP) is 3.71. The molecule has 0 spiro atoms. The van der Waals surface area contributed by atoms with Crippen LogP contribution in [0.5, 0.6) is 5.75 Å². The van der Waals surface area contributed by atoms with Crippen molar-refractivity contribution in [1.82, 2.24) is 0 Å². The summed E-state index contributed by atoms with van der Waals surface area (Å²) in [5.41, 5.74) is 1.01. The lowest BCUT2D eigenvalue weighted by molar-refractivity contribution is 0.471. The highest BCUT2D eigenvalue weighted by Crippen LogP contribution is 2.30. The third kappa shape index (κ3) is 3.64. The van der Waals surface area contributed by atoms with E-state index in [9.17, 15) is 17.9 Å². The normalized spacial score (nSPS) is 13.1. The van der Waals surface area contributed by atoms with Crippen molar-refractivity contribution in [3.05, 3.63) is 53.8 Å². The standard InChI is InChI=1S/C17H20FNO3S/c1-11(2)17(19-15-6-4-5-12(3)16(15)20)23(21,22)14-9-7-13(18)8-10-14/h4-11,17,19-20H,1-3H3/t17-/m0/s1. The summed E-state index contributed by atoms with van der Waals surface area (Å²) < 4.78 is 38.7. The highest BCUT2D eigenvalue weighted by Gasteiger charge is 2.31. The molecule has 0 aliphatic rings. The van der Waals surface area contributed by atoms with Crippen molar-refractivity contribution in [2.75, 3.05) is 5.32 Å².